The van der Waals surface area contributed by atoms with Crippen LogP contribution < -0.4 is 0 Å². The Kier molecular flexibility index (Phi) is 5.67. The molecule has 0 saturated heterocycles. The molecule has 0 radical (unpaired) electrons. The Bertz CT molecular complexity index is 1150. The first kappa shape index (κ1) is 23.9. The van der Waals surface area contributed by atoms with Gasteiger partial charge in [0.15, 0.2) is 11.6 Å². The molecule has 35 heavy (non-hydrogen) atoms. The van der Waals surface area contributed by atoms with E-state index in [1.54, 1.807) is 7.11 Å². The van der Waals surface area contributed by atoms with Gasteiger partial charge in [-0.2, -0.15) is 5.10 Å². The van der Waals surface area contributed by atoms with Gasteiger partial charge in [0, 0.05) is 42.5 Å². The van der Waals surface area contributed by atoms with Gasteiger partial charge in [-0.05, 0) is 97.6 Å². The molecular formula is C29H39ClN2O3. The molecule has 1 aromatic carbocycles. The lowest BCUT2D eigenvalue weighted by Crippen LogP contribution is -2.56. The van der Waals surface area contributed by atoms with Gasteiger partial charge in [-0.3, -0.25) is 9.48 Å². The van der Waals surface area contributed by atoms with Gasteiger partial charge in [-0.25, -0.2) is 0 Å². The number of rotatable bonds is 4. The van der Waals surface area contributed by atoms with Crippen molar-refractivity contribution < 1.29 is 14.6 Å². The molecule has 6 rings (SSSR count). The van der Waals surface area contributed by atoms with Gasteiger partial charge < -0.3 is 9.84 Å². The average Bonchev–Trinajstić information content (AvgIpc) is 3.39. The zero-order chi connectivity index (χ0) is 24.6. The van der Waals surface area contributed by atoms with Crippen LogP contribution in [-0.2, 0) is 16.1 Å². The molecule has 2 aromatic rings. The zero-order valence-corrected chi connectivity index (χ0v) is 22.1. The Hall–Kier alpha value is -1.43. The highest BCUT2D eigenvalue weighted by atomic mass is 35.5. The van der Waals surface area contributed by atoms with Gasteiger partial charge in [-0.15, -0.1) is 0 Å². The number of Topliss-reactive ketones (excluding diaryl/α,β-unsaturated/α-hetero) is 1. The topological polar surface area (TPSA) is 64.3 Å². The van der Waals surface area contributed by atoms with Gasteiger partial charge in [0.1, 0.15) is 0 Å². The SMILES string of the molecule is CO[C@@]1(O)CCC2(C)[C@@H](CC[C@@H]3[C@@H]2CC[C@]2(C)[C@@H](C(=O)Cn4cc5ccc(Cl)cc5n4)CC[C@@H]32)C1. The van der Waals surface area contributed by atoms with Gasteiger partial charge in [0.2, 0.25) is 0 Å². The van der Waals surface area contributed by atoms with Crippen LogP contribution in [0.15, 0.2) is 24.4 Å². The summed E-state index contributed by atoms with van der Waals surface area (Å²) in [4.78, 5) is 13.6. The molecule has 0 spiro atoms. The average molecular weight is 499 g/mol. The van der Waals surface area contributed by atoms with Crippen molar-refractivity contribution in [2.75, 3.05) is 7.11 Å². The molecule has 4 fully saturated rings. The number of carbonyl (C=O) groups is 1. The molecule has 4 aliphatic rings. The van der Waals surface area contributed by atoms with Crippen molar-refractivity contribution in [2.24, 2.45) is 40.4 Å². The highest BCUT2D eigenvalue weighted by Crippen LogP contribution is 2.68. The van der Waals surface area contributed by atoms with Crippen molar-refractivity contribution in [3.05, 3.63) is 29.4 Å². The van der Waals surface area contributed by atoms with Crippen LogP contribution in [0.2, 0.25) is 5.02 Å². The van der Waals surface area contributed by atoms with Crippen LogP contribution in [0.5, 0.6) is 0 Å². The fourth-order valence-corrected chi connectivity index (χ4v) is 9.48. The number of methoxy groups -OCH3 is 1. The molecule has 1 unspecified atom stereocenters. The van der Waals surface area contributed by atoms with Crippen LogP contribution in [0.4, 0.5) is 0 Å². The Balaban J connectivity index is 1.19. The number of carbonyl (C=O) groups excluding carboxylic acids is 1. The normalized spacial score (nSPS) is 42.9. The van der Waals surface area contributed by atoms with Crippen LogP contribution in [-0.4, -0.2) is 33.6 Å². The highest BCUT2D eigenvalue weighted by molar-refractivity contribution is 6.31. The van der Waals surface area contributed by atoms with E-state index in [0.717, 1.165) is 43.0 Å². The lowest BCUT2D eigenvalue weighted by atomic mass is 9.44. The summed E-state index contributed by atoms with van der Waals surface area (Å²) in [5.41, 5.74) is 1.23. The first-order valence-electron chi connectivity index (χ1n) is 13.6. The van der Waals surface area contributed by atoms with Gasteiger partial charge in [0.05, 0.1) is 12.1 Å². The number of aromatic nitrogens is 2. The highest BCUT2D eigenvalue weighted by Gasteiger charge is 2.62. The summed E-state index contributed by atoms with van der Waals surface area (Å²) < 4.78 is 7.33. The third-order valence-corrected chi connectivity index (χ3v) is 11.5. The van der Waals surface area contributed by atoms with Crippen molar-refractivity contribution in [3.63, 3.8) is 0 Å². The zero-order valence-electron chi connectivity index (χ0n) is 21.3. The minimum atomic E-state index is -0.937. The standard InChI is InChI=1S/C29H39ClN2O3/c1-27-12-13-29(34,35-3)15-19(27)5-7-21-22-8-9-24(28(22,2)11-10-23(21)27)26(33)17-32-16-18-4-6-20(30)14-25(18)31-32/h4,6,14,16,19,21-24,34H,5,7-13,15,17H2,1-3H3/t19-,21-,22-,23-,24+,27?,28-,29-/m0/s1. The van der Waals surface area contributed by atoms with Crippen molar-refractivity contribution in [2.45, 2.75) is 84.0 Å². The predicted molar refractivity (Wildman–Crippen MR) is 137 cm³/mol. The quantitative estimate of drug-likeness (QED) is 0.506. The minimum absolute atomic E-state index is 0.0965. The maximum Gasteiger partial charge on any atom is 0.165 e. The van der Waals surface area contributed by atoms with Crippen LogP contribution in [0.1, 0.15) is 71.6 Å². The molecule has 4 saturated carbocycles. The minimum Gasteiger partial charge on any atom is -0.365 e. The van der Waals surface area contributed by atoms with Crippen molar-refractivity contribution in [1.29, 1.82) is 0 Å². The Labute approximate surface area is 213 Å². The van der Waals surface area contributed by atoms with Gasteiger partial charge >= 0.3 is 0 Å². The van der Waals surface area contributed by atoms with E-state index in [4.69, 9.17) is 16.3 Å². The van der Waals surface area contributed by atoms with Gasteiger partial charge in [-0.1, -0.05) is 25.4 Å². The summed E-state index contributed by atoms with van der Waals surface area (Å²) >= 11 is 6.13. The molecule has 1 aromatic heterocycles. The molecule has 4 aliphatic carbocycles. The Morgan fingerprint density at radius 1 is 1.11 bits per heavy atom. The number of aliphatic hydroxyl groups is 1. The lowest BCUT2D eigenvalue weighted by Gasteiger charge is -2.61. The van der Waals surface area contributed by atoms with E-state index in [0.29, 0.717) is 41.0 Å². The molecule has 0 bridgehead atoms. The van der Waals surface area contributed by atoms with Crippen molar-refractivity contribution >= 4 is 28.3 Å². The van der Waals surface area contributed by atoms with E-state index >= 15 is 0 Å². The van der Waals surface area contributed by atoms with Crippen LogP contribution >= 0.6 is 11.6 Å². The number of ketones is 1. The van der Waals surface area contributed by atoms with Crippen molar-refractivity contribution in [3.8, 4) is 0 Å². The van der Waals surface area contributed by atoms with E-state index in [-0.39, 0.29) is 16.7 Å². The number of halogens is 1. The smallest absolute Gasteiger partial charge is 0.165 e. The van der Waals surface area contributed by atoms with Gasteiger partial charge in [0.25, 0.3) is 0 Å². The Morgan fingerprint density at radius 2 is 1.91 bits per heavy atom. The van der Waals surface area contributed by atoms with E-state index < -0.39 is 5.79 Å². The monoisotopic (exact) mass is 498 g/mol. The molecule has 5 nitrogen and oxygen atoms in total. The maximum absolute atomic E-state index is 13.6. The lowest BCUT2D eigenvalue weighted by molar-refractivity contribution is -0.247. The fourth-order valence-electron chi connectivity index (χ4n) is 9.32. The van der Waals surface area contributed by atoms with Crippen LogP contribution in [0.25, 0.3) is 10.9 Å². The summed E-state index contributed by atoms with van der Waals surface area (Å²) in [7, 11) is 1.65. The summed E-state index contributed by atoms with van der Waals surface area (Å²) in [6, 6.07) is 5.70. The fraction of sp³-hybridized carbons (Fsp3) is 0.724. The molecule has 0 amide bonds. The van der Waals surface area contributed by atoms with E-state index in [2.05, 4.69) is 18.9 Å². The molecule has 8 atom stereocenters. The molecule has 190 valence electrons. The molecule has 1 N–H and O–H groups in total. The summed E-state index contributed by atoms with van der Waals surface area (Å²) in [5, 5.41) is 17.2. The predicted octanol–water partition coefficient (Wildman–Crippen LogP) is 6.25. The largest absolute Gasteiger partial charge is 0.365 e. The second kappa shape index (κ2) is 8.29. The number of benzene rings is 1. The summed E-state index contributed by atoms with van der Waals surface area (Å²) in [6.45, 7) is 5.27. The number of hydrogen-bond donors (Lipinski definition) is 1. The first-order valence-corrected chi connectivity index (χ1v) is 14.0. The number of nitrogens with zero attached hydrogens (tertiary/aromatic N) is 2. The first-order chi connectivity index (χ1) is 16.6. The summed E-state index contributed by atoms with van der Waals surface area (Å²) in [5.74, 6) is 2.11. The molecular weight excluding hydrogens is 460 g/mol. The second-order valence-electron chi connectivity index (χ2n) is 12.7. The van der Waals surface area contributed by atoms with Crippen LogP contribution in [0.3, 0.4) is 0 Å². The van der Waals surface area contributed by atoms with Crippen LogP contribution in [0, 0.1) is 40.4 Å². The number of fused-ring (bicyclic) bond motifs is 6. The summed E-state index contributed by atoms with van der Waals surface area (Å²) in [6.07, 6.45) is 11.5. The third kappa shape index (κ3) is 3.71. The number of hydrogen-bond acceptors (Lipinski definition) is 4. The molecule has 1 heterocycles. The van der Waals surface area contributed by atoms with E-state index in [9.17, 15) is 9.90 Å². The van der Waals surface area contributed by atoms with E-state index in [1.807, 2.05) is 29.1 Å². The Morgan fingerprint density at radius 3 is 2.71 bits per heavy atom. The second-order valence-corrected chi connectivity index (χ2v) is 13.1. The van der Waals surface area contributed by atoms with Crippen molar-refractivity contribution in [1.82, 2.24) is 9.78 Å². The maximum atomic E-state index is 13.6. The van der Waals surface area contributed by atoms with E-state index in [1.165, 1.54) is 25.7 Å². The molecule has 6 heteroatoms. The third-order valence-electron chi connectivity index (χ3n) is 11.3. The number of ether oxygens (including phenoxy) is 1. The molecule has 0 aliphatic heterocycles.